The van der Waals surface area contributed by atoms with Gasteiger partial charge in [0.2, 0.25) is 0 Å². The molecular weight excluding hydrogens is 248 g/mol. The average Bonchev–Trinajstić information content (AvgIpc) is 2.32. The molecule has 0 saturated heterocycles. The minimum absolute atomic E-state index is 0.00591. The van der Waals surface area contributed by atoms with Crippen molar-refractivity contribution in [3.05, 3.63) is 30.5 Å². The highest BCUT2D eigenvalue weighted by Crippen LogP contribution is 2.21. The van der Waals surface area contributed by atoms with E-state index in [-0.39, 0.29) is 11.1 Å². The summed E-state index contributed by atoms with van der Waals surface area (Å²) in [5.41, 5.74) is 1.03. The van der Waals surface area contributed by atoms with Gasteiger partial charge in [0.15, 0.2) is 5.82 Å². The van der Waals surface area contributed by atoms with Gasteiger partial charge in [-0.15, -0.1) is 11.7 Å². The van der Waals surface area contributed by atoms with Gasteiger partial charge in [0, 0.05) is 24.2 Å². The summed E-state index contributed by atoms with van der Waals surface area (Å²) in [6.07, 6.45) is 1.89. The highest BCUT2D eigenvalue weighted by atomic mass is 15.3. The van der Waals surface area contributed by atoms with Crippen LogP contribution in [0.1, 0.15) is 47.2 Å². The molecule has 1 heterocycles. The monoisotopic (exact) mass is 276 g/mol. The molecular formula is C16H28N4. The zero-order valence-electron chi connectivity index (χ0n) is 13.7. The summed E-state index contributed by atoms with van der Waals surface area (Å²) < 4.78 is 0. The lowest BCUT2D eigenvalue weighted by molar-refractivity contribution is 0.420. The van der Waals surface area contributed by atoms with Gasteiger partial charge in [-0.25, -0.2) is 0 Å². The van der Waals surface area contributed by atoms with Crippen LogP contribution in [0.4, 0.5) is 5.82 Å². The molecule has 4 nitrogen and oxygen atoms in total. The Bertz CT molecular complexity index is 423. The first kappa shape index (κ1) is 16.6. The number of hydrogen-bond donors (Lipinski definition) is 1. The second-order valence-corrected chi connectivity index (χ2v) is 7.06. The van der Waals surface area contributed by atoms with Gasteiger partial charge in [-0.05, 0) is 53.7 Å². The van der Waals surface area contributed by atoms with Crippen LogP contribution in [0.15, 0.2) is 24.8 Å². The predicted molar refractivity (Wildman–Crippen MR) is 85.9 cm³/mol. The first-order chi connectivity index (χ1) is 9.13. The Morgan fingerprint density at radius 3 is 2.20 bits per heavy atom. The van der Waals surface area contributed by atoms with Crippen molar-refractivity contribution < 1.29 is 0 Å². The molecule has 0 spiro atoms. The summed E-state index contributed by atoms with van der Waals surface area (Å²) in [6.45, 7) is 18.2. The van der Waals surface area contributed by atoms with E-state index in [1.165, 1.54) is 0 Å². The predicted octanol–water partition coefficient (Wildman–Crippen LogP) is 3.16. The minimum atomic E-state index is -0.00591. The minimum Gasteiger partial charge on any atom is -0.347 e. The van der Waals surface area contributed by atoms with Crippen molar-refractivity contribution in [3.8, 4) is 0 Å². The summed E-state index contributed by atoms with van der Waals surface area (Å²) in [5, 5.41) is 12.1. The van der Waals surface area contributed by atoms with E-state index in [2.05, 4.69) is 68.5 Å². The Morgan fingerprint density at radius 1 is 1.15 bits per heavy atom. The maximum atomic E-state index is 4.35. The molecule has 4 heteroatoms. The van der Waals surface area contributed by atoms with Gasteiger partial charge in [0.1, 0.15) is 0 Å². The van der Waals surface area contributed by atoms with E-state index < -0.39 is 0 Å². The quantitative estimate of drug-likeness (QED) is 0.839. The number of anilines is 1. The molecule has 0 saturated carbocycles. The molecule has 112 valence electrons. The Labute approximate surface area is 123 Å². The van der Waals surface area contributed by atoms with Crippen LogP contribution >= 0.6 is 0 Å². The lowest BCUT2D eigenvalue weighted by Crippen LogP contribution is -2.42. The van der Waals surface area contributed by atoms with Gasteiger partial charge in [0.25, 0.3) is 0 Å². The molecule has 1 N–H and O–H groups in total. The average molecular weight is 276 g/mol. The van der Waals surface area contributed by atoms with E-state index in [0.29, 0.717) is 0 Å². The third-order valence-corrected chi connectivity index (χ3v) is 2.90. The van der Waals surface area contributed by atoms with Gasteiger partial charge in [-0.2, -0.15) is 5.10 Å². The second kappa shape index (κ2) is 6.35. The molecule has 0 amide bonds. The van der Waals surface area contributed by atoms with Crippen molar-refractivity contribution in [1.82, 2.24) is 15.5 Å². The maximum absolute atomic E-state index is 4.35. The molecule has 0 aromatic carbocycles. The van der Waals surface area contributed by atoms with Crippen molar-refractivity contribution in [2.24, 2.45) is 0 Å². The molecule has 20 heavy (non-hydrogen) atoms. The van der Waals surface area contributed by atoms with Gasteiger partial charge >= 0.3 is 0 Å². The fourth-order valence-electron chi connectivity index (χ4n) is 1.79. The Morgan fingerprint density at radius 2 is 1.80 bits per heavy atom. The summed E-state index contributed by atoms with van der Waals surface area (Å²) in [6, 6.07) is 4.06. The standard InChI is InChI=1S/C16H28N4/c1-8-11-20(16(5,6)7)14-10-9-13(18-19-14)12-17-15(2,3)4/h8-10,17H,1,11-12H2,2-7H3. The third kappa shape index (κ3) is 5.29. The van der Waals surface area contributed by atoms with Gasteiger partial charge in [-0.1, -0.05) is 6.08 Å². The molecule has 0 aliphatic rings. The molecule has 0 bridgehead atoms. The molecule has 0 aliphatic heterocycles. The van der Waals surface area contributed by atoms with Crippen LogP contribution in [0.5, 0.6) is 0 Å². The Kier molecular flexibility index (Phi) is 5.28. The van der Waals surface area contributed by atoms with E-state index in [9.17, 15) is 0 Å². The van der Waals surface area contributed by atoms with E-state index >= 15 is 0 Å². The van der Waals surface area contributed by atoms with E-state index in [1.807, 2.05) is 18.2 Å². The van der Waals surface area contributed by atoms with E-state index in [4.69, 9.17) is 0 Å². The highest BCUT2D eigenvalue weighted by molar-refractivity contribution is 5.41. The zero-order valence-corrected chi connectivity index (χ0v) is 13.7. The maximum Gasteiger partial charge on any atom is 0.151 e. The first-order valence-electron chi connectivity index (χ1n) is 7.09. The van der Waals surface area contributed by atoms with E-state index in [0.717, 1.165) is 24.6 Å². The van der Waals surface area contributed by atoms with Gasteiger partial charge in [-0.3, -0.25) is 0 Å². The van der Waals surface area contributed by atoms with Crippen molar-refractivity contribution in [3.63, 3.8) is 0 Å². The fourth-order valence-corrected chi connectivity index (χ4v) is 1.79. The molecule has 1 aromatic rings. The molecule has 0 atom stereocenters. The number of nitrogens with zero attached hydrogens (tertiary/aromatic N) is 3. The van der Waals surface area contributed by atoms with Crippen molar-refractivity contribution in [2.45, 2.75) is 59.2 Å². The Balaban J connectivity index is 2.81. The summed E-state index contributed by atoms with van der Waals surface area (Å²) in [5.74, 6) is 0.886. The number of rotatable bonds is 5. The number of hydrogen-bond acceptors (Lipinski definition) is 4. The number of aromatic nitrogens is 2. The van der Waals surface area contributed by atoms with Crippen molar-refractivity contribution in [2.75, 3.05) is 11.4 Å². The topological polar surface area (TPSA) is 41.0 Å². The van der Waals surface area contributed by atoms with Crippen LogP contribution in [-0.4, -0.2) is 27.8 Å². The van der Waals surface area contributed by atoms with Crippen molar-refractivity contribution >= 4 is 5.82 Å². The third-order valence-electron chi connectivity index (χ3n) is 2.90. The fraction of sp³-hybridized carbons (Fsp3) is 0.625. The molecule has 0 unspecified atom stereocenters. The first-order valence-corrected chi connectivity index (χ1v) is 7.09. The summed E-state index contributed by atoms with van der Waals surface area (Å²) in [4.78, 5) is 2.19. The normalized spacial score (nSPS) is 12.3. The van der Waals surface area contributed by atoms with Gasteiger partial charge in [0.05, 0.1) is 5.69 Å². The zero-order chi connectivity index (χ0) is 15.4. The van der Waals surface area contributed by atoms with Crippen LogP contribution in [-0.2, 0) is 6.54 Å². The van der Waals surface area contributed by atoms with Crippen molar-refractivity contribution in [1.29, 1.82) is 0 Å². The summed E-state index contributed by atoms with van der Waals surface area (Å²) >= 11 is 0. The second-order valence-electron chi connectivity index (χ2n) is 7.06. The molecule has 0 fully saturated rings. The summed E-state index contributed by atoms with van der Waals surface area (Å²) in [7, 11) is 0. The van der Waals surface area contributed by atoms with Crippen LogP contribution in [0, 0.1) is 0 Å². The smallest absolute Gasteiger partial charge is 0.151 e. The largest absolute Gasteiger partial charge is 0.347 e. The van der Waals surface area contributed by atoms with Crippen LogP contribution in [0.25, 0.3) is 0 Å². The Hall–Kier alpha value is -1.42. The van der Waals surface area contributed by atoms with Gasteiger partial charge < -0.3 is 10.2 Å². The lowest BCUT2D eigenvalue weighted by atomic mass is 10.1. The highest BCUT2D eigenvalue weighted by Gasteiger charge is 2.21. The number of nitrogens with one attached hydrogen (secondary N) is 1. The van der Waals surface area contributed by atoms with Crippen LogP contribution in [0.2, 0.25) is 0 Å². The molecule has 0 radical (unpaired) electrons. The lowest BCUT2D eigenvalue weighted by Gasteiger charge is -2.35. The van der Waals surface area contributed by atoms with Crippen LogP contribution < -0.4 is 10.2 Å². The molecule has 0 aliphatic carbocycles. The van der Waals surface area contributed by atoms with E-state index in [1.54, 1.807) is 0 Å². The SMILES string of the molecule is C=CCN(c1ccc(CNC(C)(C)C)nn1)C(C)(C)C. The van der Waals surface area contributed by atoms with Crippen LogP contribution in [0.3, 0.4) is 0 Å². The molecule has 1 aromatic heterocycles. The molecule has 1 rings (SSSR count).